The second-order valence-corrected chi connectivity index (χ2v) is 9.31. The highest BCUT2D eigenvalue weighted by molar-refractivity contribution is 7.98. The summed E-state index contributed by atoms with van der Waals surface area (Å²) in [5, 5.41) is 5.88. The molecule has 178 valence electrons. The van der Waals surface area contributed by atoms with Gasteiger partial charge in [0, 0.05) is 13.1 Å². The molecule has 1 saturated heterocycles. The molecule has 3 rings (SSSR count). The molecule has 2 aromatic carbocycles. The Bertz CT molecular complexity index is 872. The van der Waals surface area contributed by atoms with E-state index in [4.69, 9.17) is 4.74 Å². The summed E-state index contributed by atoms with van der Waals surface area (Å²) >= 11 is 1.65. The van der Waals surface area contributed by atoms with Gasteiger partial charge in [0.15, 0.2) is 6.61 Å². The summed E-state index contributed by atoms with van der Waals surface area (Å²) in [6.45, 7) is 3.51. The van der Waals surface area contributed by atoms with E-state index in [-0.39, 0.29) is 18.4 Å². The molecular formula is C26H35N3O3S. The van der Waals surface area contributed by atoms with E-state index in [2.05, 4.69) is 33.7 Å². The molecule has 0 bridgehead atoms. The lowest BCUT2D eigenvalue weighted by molar-refractivity contribution is -0.130. The SMILES string of the molecule is CSCCC(NC(=O)COc1ccccc1)C(=O)NCc1ccccc1CN1CCCCC1. The summed E-state index contributed by atoms with van der Waals surface area (Å²) in [6, 6.07) is 16.9. The number of amides is 2. The van der Waals surface area contributed by atoms with Gasteiger partial charge in [0.25, 0.3) is 5.91 Å². The van der Waals surface area contributed by atoms with Crippen LogP contribution in [0.2, 0.25) is 0 Å². The fourth-order valence-electron chi connectivity index (χ4n) is 3.95. The summed E-state index contributed by atoms with van der Waals surface area (Å²) in [7, 11) is 0. The number of para-hydroxylation sites is 1. The predicted molar refractivity (Wildman–Crippen MR) is 134 cm³/mol. The summed E-state index contributed by atoms with van der Waals surface area (Å²) in [6.07, 6.45) is 6.38. The maximum atomic E-state index is 12.9. The Balaban J connectivity index is 1.53. The molecule has 6 nitrogen and oxygen atoms in total. The van der Waals surface area contributed by atoms with Crippen molar-refractivity contribution < 1.29 is 14.3 Å². The number of likely N-dealkylation sites (tertiary alicyclic amines) is 1. The molecule has 0 aromatic heterocycles. The Morgan fingerprint density at radius 1 is 1.00 bits per heavy atom. The lowest BCUT2D eigenvalue weighted by Crippen LogP contribution is -2.48. The summed E-state index contributed by atoms with van der Waals surface area (Å²) in [4.78, 5) is 27.8. The zero-order valence-electron chi connectivity index (χ0n) is 19.4. The second kappa shape index (κ2) is 13.9. The zero-order chi connectivity index (χ0) is 23.3. The highest BCUT2D eigenvalue weighted by Gasteiger charge is 2.21. The lowest BCUT2D eigenvalue weighted by Gasteiger charge is -2.27. The van der Waals surface area contributed by atoms with E-state index in [0.717, 1.165) is 31.0 Å². The van der Waals surface area contributed by atoms with Crippen LogP contribution in [0.25, 0.3) is 0 Å². The third kappa shape index (κ3) is 8.74. The van der Waals surface area contributed by atoms with Crippen LogP contribution in [0, 0.1) is 0 Å². The van der Waals surface area contributed by atoms with Crippen molar-refractivity contribution >= 4 is 23.6 Å². The average molecular weight is 470 g/mol. The third-order valence-electron chi connectivity index (χ3n) is 5.79. The Kier molecular flexibility index (Phi) is 10.6. The topological polar surface area (TPSA) is 70.7 Å². The number of hydrogen-bond acceptors (Lipinski definition) is 5. The molecule has 2 amide bonds. The number of ether oxygens (including phenoxy) is 1. The van der Waals surface area contributed by atoms with Crippen molar-refractivity contribution in [2.75, 3.05) is 31.7 Å². The van der Waals surface area contributed by atoms with Crippen molar-refractivity contribution in [3.8, 4) is 5.75 Å². The molecule has 0 saturated carbocycles. The molecule has 1 heterocycles. The molecule has 0 radical (unpaired) electrons. The molecule has 1 fully saturated rings. The van der Waals surface area contributed by atoms with Gasteiger partial charge in [0.2, 0.25) is 5.91 Å². The Hall–Kier alpha value is -2.51. The first-order valence-electron chi connectivity index (χ1n) is 11.7. The zero-order valence-corrected chi connectivity index (χ0v) is 20.2. The van der Waals surface area contributed by atoms with Crippen LogP contribution in [-0.2, 0) is 22.7 Å². The van der Waals surface area contributed by atoms with E-state index in [9.17, 15) is 9.59 Å². The monoisotopic (exact) mass is 469 g/mol. The normalized spacial score (nSPS) is 14.9. The Morgan fingerprint density at radius 2 is 1.70 bits per heavy atom. The molecule has 1 aliphatic rings. The van der Waals surface area contributed by atoms with E-state index >= 15 is 0 Å². The third-order valence-corrected chi connectivity index (χ3v) is 6.43. The van der Waals surface area contributed by atoms with E-state index in [1.807, 2.05) is 30.5 Å². The van der Waals surface area contributed by atoms with Crippen molar-refractivity contribution in [1.82, 2.24) is 15.5 Å². The van der Waals surface area contributed by atoms with Gasteiger partial charge in [-0.1, -0.05) is 48.9 Å². The van der Waals surface area contributed by atoms with E-state index in [1.165, 1.54) is 24.8 Å². The number of thioether (sulfide) groups is 1. The highest BCUT2D eigenvalue weighted by atomic mass is 32.2. The van der Waals surface area contributed by atoms with Crippen LogP contribution in [-0.4, -0.2) is 54.5 Å². The summed E-state index contributed by atoms with van der Waals surface area (Å²) < 4.78 is 5.52. The van der Waals surface area contributed by atoms with Gasteiger partial charge >= 0.3 is 0 Å². The Morgan fingerprint density at radius 3 is 2.42 bits per heavy atom. The van der Waals surface area contributed by atoms with Gasteiger partial charge in [0.05, 0.1) is 0 Å². The average Bonchev–Trinajstić information content (AvgIpc) is 2.86. The number of nitrogens with zero attached hydrogens (tertiary/aromatic N) is 1. The summed E-state index contributed by atoms with van der Waals surface area (Å²) in [5.41, 5.74) is 2.37. The second-order valence-electron chi connectivity index (χ2n) is 8.33. The number of carbonyl (C=O) groups is 2. The van der Waals surface area contributed by atoms with Crippen molar-refractivity contribution in [1.29, 1.82) is 0 Å². The fourth-order valence-corrected chi connectivity index (χ4v) is 4.43. The van der Waals surface area contributed by atoms with Crippen LogP contribution in [0.3, 0.4) is 0 Å². The van der Waals surface area contributed by atoms with Gasteiger partial charge < -0.3 is 15.4 Å². The molecular weight excluding hydrogens is 434 g/mol. The van der Waals surface area contributed by atoms with Crippen molar-refractivity contribution in [2.24, 2.45) is 0 Å². The first-order chi connectivity index (χ1) is 16.2. The molecule has 0 aliphatic carbocycles. The van der Waals surface area contributed by atoms with Gasteiger partial charge in [-0.15, -0.1) is 0 Å². The number of benzene rings is 2. The van der Waals surface area contributed by atoms with Crippen LogP contribution in [0.1, 0.15) is 36.8 Å². The van der Waals surface area contributed by atoms with Gasteiger partial charge in [0.1, 0.15) is 11.8 Å². The number of rotatable bonds is 12. The van der Waals surface area contributed by atoms with Crippen molar-refractivity contribution in [3.05, 3.63) is 65.7 Å². The van der Waals surface area contributed by atoms with E-state index in [0.29, 0.717) is 18.7 Å². The quantitative estimate of drug-likeness (QED) is 0.497. The van der Waals surface area contributed by atoms with Gasteiger partial charge in [-0.2, -0.15) is 11.8 Å². The molecule has 2 aromatic rings. The number of carbonyl (C=O) groups excluding carboxylic acids is 2. The molecule has 7 heteroatoms. The highest BCUT2D eigenvalue weighted by Crippen LogP contribution is 2.16. The van der Waals surface area contributed by atoms with Crippen LogP contribution in [0.5, 0.6) is 5.75 Å². The van der Waals surface area contributed by atoms with Crippen LogP contribution in [0.4, 0.5) is 0 Å². The smallest absolute Gasteiger partial charge is 0.258 e. The molecule has 1 unspecified atom stereocenters. The van der Waals surface area contributed by atoms with Gasteiger partial charge in [-0.3, -0.25) is 14.5 Å². The molecule has 1 atom stereocenters. The Labute approximate surface area is 201 Å². The largest absolute Gasteiger partial charge is 0.484 e. The molecule has 1 aliphatic heterocycles. The maximum Gasteiger partial charge on any atom is 0.258 e. The van der Waals surface area contributed by atoms with E-state index in [1.54, 1.807) is 23.9 Å². The van der Waals surface area contributed by atoms with E-state index < -0.39 is 6.04 Å². The minimum atomic E-state index is -0.585. The van der Waals surface area contributed by atoms with Crippen LogP contribution >= 0.6 is 11.8 Å². The van der Waals surface area contributed by atoms with Crippen molar-refractivity contribution in [2.45, 2.75) is 44.8 Å². The molecule has 0 spiro atoms. The minimum absolute atomic E-state index is 0.119. The number of hydrogen-bond donors (Lipinski definition) is 2. The van der Waals surface area contributed by atoms with Crippen LogP contribution in [0.15, 0.2) is 54.6 Å². The predicted octanol–water partition coefficient (Wildman–Crippen LogP) is 3.61. The van der Waals surface area contributed by atoms with Crippen molar-refractivity contribution in [3.63, 3.8) is 0 Å². The first-order valence-corrected chi connectivity index (χ1v) is 13.1. The number of nitrogens with one attached hydrogen (secondary N) is 2. The van der Waals surface area contributed by atoms with Crippen LogP contribution < -0.4 is 15.4 Å². The first kappa shape index (κ1) is 25.1. The standard InChI is InChI=1S/C26H35N3O3S/c1-33-17-14-24(28-25(30)20-32-23-12-4-2-5-13-23)26(31)27-18-21-10-6-7-11-22(21)19-29-15-8-3-9-16-29/h2,4-7,10-13,24H,3,8-9,14-20H2,1H3,(H,27,31)(H,28,30). The maximum absolute atomic E-state index is 12.9. The van der Waals surface area contributed by atoms with Gasteiger partial charge in [-0.25, -0.2) is 0 Å². The molecule has 33 heavy (non-hydrogen) atoms. The molecule has 2 N–H and O–H groups in total. The van der Waals surface area contributed by atoms with Gasteiger partial charge in [-0.05, 0) is 67.6 Å². The lowest BCUT2D eigenvalue weighted by atomic mass is 10.0. The summed E-state index contributed by atoms with van der Waals surface area (Å²) in [5.74, 6) is 0.947. The fraction of sp³-hybridized carbons (Fsp3) is 0.462. The minimum Gasteiger partial charge on any atom is -0.484 e. The number of piperidine rings is 1.